The second-order valence-corrected chi connectivity index (χ2v) is 5.76. The fraction of sp³-hybridized carbons (Fsp3) is 0.500. The molecular formula is C14H18ClNOS. The smallest absolute Gasteiger partial charge is 0.254 e. The van der Waals surface area contributed by atoms with Crippen molar-refractivity contribution in [3.8, 4) is 0 Å². The maximum atomic E-state index is 12.4. The molecule has 1 aromatic carbocycles. The Balaban J connectivity index is 2.09. The van der Waals surface area contributed by atoms with Crippen molar-refractivity contribution in [1.29, 1.82) is 0 Å². The third-order valence-corrected chi connectivity index (χ3v) is 4.38. The molecule has 0 N–H and O–H groups in total. The predicted octanol–water partition coefficient (Wildman–Crippen LogP) is 3.64. The highest BCUT2D eigenvalue weighted by atomic mass is 35.5. The van der Waals surface area contributed by atoms with E-state index in [9.17, 15) is 4.79 Å². The summed E-state index contributed by atoms with van der Waals surface area (Å²) in [6.07, 6.45) is 5.11. The van der Waals surface area contributed by atoms with Crippen LogP contribution < -0.4 is 0 Å². The maximum absolute atomic E-state index is 12.4. The minimum Gasteiger partial charge on any atom is -0.336 e. The van der Waals surface area contributed by atoms with E-state index in [0.29, 0.717) is 11.9 Å². The first-order valence-electron chi connectivity index (χ1n) is 6.27. The van der Waals surface area contributed by atoms with Crippen LogP contribution in [0.15, 0.2) is 29.2 Å². The van der Waals surface area contributed by atoms with Crippen molar-refractivity contribution in [3.63, 3.8) is 0 Å². The molecule has 1 heterocycles. The average molecular weight is 284 g/mol. The molecule has 0 spiro atoms. The number of rotatable bonds is 4. The van der Waals surface area contributed by atoms with E-state index in [1.807, 2.05) is 35.4 Å². The molecule has 1 fully saturated rings. The topological polar surface area (TPSA) is 20.3 Å². The van der Waals surface area contributed by atoms with Gasteiger partial charge in [-0.05, 0) is 49.8 Å². The van der Waals surface area contributed by atoms with Gasteiger partial charge in [-0.1, -0.05) is 0 Å². The number of amides is 1. The molecule has 0 aliphatic carbocycles. The number of hydrogen-bond donors (Lipinski definition) is 0. The maximum Gasteiger partial charge on any atom is 0.254 e. The van der Waals surface area contributed by atoms with Crippen LogP contribution in [-0.4, -0.2) is 35.5 Å². The molecule has 1 saturated heterocycles. The predicted molar refractivity (Wildman–Crippen MR) is 77.6 cm³/mol. The third-order valence-electron chi connectivity index (χ3n) is 3.42. The third kappa shape index (κ3) is 3.01. The first-order valence-corrected chi connectivity index (χ1v) is 8.03. The van der Waals surface area contributed by atoms with E-state index in [-0.39, 0.29) is 5.91 Å². The molecule has 0 aromatic heterocycles. The quantitative estimate of drug-likeness (QED) is 0.621. The van der Waals surface area contributed by atoms with Gasteiger partial charge in [-0.3, -0.25) is 4.79 Å². The van der Waals surface area contributed by atoms with Gasteiger partial charge in [-0.2, -0.15) is 0 Å². The van der Waals surface area contributed by atoms with E-state index >= 15 is 0 Å². The Morgan fingerprint density at radius 3 is 2.78 bits per heavy atom. The molecule has 2 nitrogen and oxygen atoms in total. The van der Waals surface area contributed by atoms with Gasteiger partial charge in [0.2, 0.25) is 0 Å². The molecule has 1 aromatic rings. The Bertz CT molecular complexity index is 407. The van der Waals surface area contributed by atoms with Crippen molar-refractivity contribution in [2.45, 2.75) is 30.2 Å². The van der Waals surface area contributed by atoms with Gasteiger partial charge in [-0.15, -0.1) is 23.4 Å². The minimum absolute atomic E-state index is 0.148. The highest BCUT2D eigenvalue weighted by Gasteiger charge is 2.28. The molecule has 0 radical (unpaired) electrons. The van der Waals surface area contributed by atoms with Crippen LogP contribution in [0, 0.1) is 0 Å². The van der Waals surface area contributed by atoms with Crippen molar-refractivity contribution in [2.75, 3.05) is 18.7 Å². The second kappa shape index (κ2) is 6.48. The lowest BCUT2D eigenvalue weighted by Gasteiger charge is -2.24. The largest absolute Gasteiger partial charge is 0.336 e. The number of likely N-dealkylation sites (tertiary alicyclic amines) is 1. The van der Waals surface area contributed by atoms with Gasteiger partial charge >= 0.3 is 0 Å². The fourth-order valence-electron chi connectivity index (χ4n) is 2.43. The zero-order valence-electron chi connectivity index (χ0n) is 10.6. The lowest BCUT2D eigenvalue weighted by Crippen LogP contribution is -2.35. The first kappa shape index (κ1) is 13.8. The number of thioether (sulfide) groups is 1. The number of halogens is 1. The van der Waals surface area contributed by atoms with E-state index in [1.165, 1.54) is 4.90 Å². The van der Waals surface area contributed by atoms with Crippen molar-refractivity contribution in [2.24, 2.45) is 0 Å². The number of alkyl halides is 1. The molecule has 0 bridgehead atoms. The van der Waals surface area contributed by atoms with Crippen LogP contribution in [0.3, 0.4) is 0 Å². The molecule has 1 aliphatic heterocycles. The van der Waals surface area contributed by atoms with E-state index in [4.69, 9.17) is 11.6 Å². The summed E-state index contributed by atoms with van der Waals surface area (Å²) >= 11 is 7.48. The number of benzene rings is 1. The lowest BCUT2D eigenvalue weighted by molar-refractivity contribution is 0.0734. The van der Waals surface area contributed by atoms with Gasteiger partial charge < -0.3 is 4.90 Å². The van der Waals surface area contributed by atoms with Crippen LogP contribution in [0.4, 0.5) is 0 Å². The molecule has 2 rings (SSSR count). The highest BCUT2D eigenvalue weighted by molar-refractivity contribution is 7.98. The summed E-state index contributed by atoms with van der Waals surface area (Å²) in [4.78, 5) is 15.6. The van der Waals surface area contributed by atoms with Gasteiger partial charge in [0.1, 0.15) is 0 Å². The van der Waals surface area contributed by atoms with Gasteiger partial charge in [0, 0.05) is 28.9 Å². The number of carbonyl (C=O) groups is 1. The number of carbonyl (C=O) groups excluding carboxylic acids is 1. The van der Waals surface area contributed by atoms with E-state index in [0.717, 1.165) is 31.4 Å². The van der Waals surface area contributed by atoms with Crippen molar-refractivity contribution >= 4 is 29.3 Å². The molecule has 1 unspecified atom stereocenters. The molecule has 4 heteroatoms. The summed E-state index contributed by atoms with van der Waals surface area (Å²) in [5, 5.41) is 0. The summed E-state index contributed by atoms with van der Waals surface area (Å²) in [5.41, 5.74) is 0.786. The Hall–Kier alpha value is -0.670. The van der Waals surface area contributed by atoms with Crippen LogP contribution in [0.2, 0.25) is 0 Å². The first-order chi connectivity index (χ1) is 8.76. The van der Waals surface area contributed by atoms with Gasteiger partial charge in [0.15, 0.2) is 0 Å². The Morgan fingerprint density at radius 1 is 1.44 bits per heavy atom. The minimum atomic E-state index is 0.148. The average Bonchev–Trinajstić information content (AvgIpc) is 2.87. The van der Waals surface area contributed by atoms with Crippen LogP contribution in [0.1, 0.15) is 29.6 Å². The van der Waals surface area contributed by atoms with Crippen molar-refractivity contribution in [1.82, 2.24) is 4.90 Å². The summed E-state index contributed by atoms with van der Waals surface area (Å²) in [6.45, 7) is 0.866. The second-order valence-electron chi connectivity index (χ2n) is 4.50. The van der Waals surface area contributed by atoms with Gasteiger partial charge in [-0.25, -0.2) is 0 Å². The van der Waals surface area contributed by atoms with Crippen molar-refractivity contribution < 1.29 is 4.79 Å². The molecule has 1 amide bonds. The summed E-state index contributed by atoms with van der Waals surface area (Å²) < 4.78 is 0. The number of nitrogens with zero attached hydrogens (tertiary/aromatic N) is 1. The van der Waals surface area contributed by atoms with E-state index in [1.54, 1.807) is 11.8 Å². The highest BCUT2D eigenvalue weighted by Crippen LogP contribution is 2.23. The van der Waals surface area contributed by atoms with E-state index < -0.39 is 0 Å². The van der Waals surface area contributed by atoms with Crippen LogP contribution >= 0.6 is 23.4 Å². The summed E-state index contributed by atoms with van der Waals surface area (Å²) in [6, 6.07) is 8.18. The van der Waals surface area contributed by atoms with Crippen LogP contribution in [0.25, 0.3) is 0 Å². The molecule has 1 atom stereocenters. The zero-order valence-corrected chi connectivity index (χ0v) is 12.1. The molecular weight excluding hydrogens is 266 g/mol. The summed E-state index contributed by atoms with van der Waals surface area (Å²) in [5.74, 6) is 0.773. The Kier molecular flexibility index (Phi) is 4.95. The SMILES string of the molecule is CSc1ccc(C(=O)N2CCCC2CCCl)cc1. The normalized spacial score (nSPS) is 19.2. The van der Waals surface area contributed by atoms with Gasteiger partial charge in [0.25, 0.3) is 5.91 Å². The van der Waals surface area contributed by atoms with Gasteiger partial charge in [0.05, 0.1) is 0 Å². The monoisotopic (exact) mass is 283 g/mol. The molecule has 0 saturated carbocycles. The Morgan fingerprint density at radius 2 is 2.17 bits per heavy atom. The zero-order chi connectivity index (χ0) is 13.0. The lowest BCUT2D eigenvalue weighted by atomic mass is 10.1. The molecule has 98 valence electrons. The number of hydrogen-bond acceptors (Lipinski definition) is 2. The molecule has 18 heavy (non-hydrogen) atoms. The Labute approximate surface area is 118 Å². The van der Waals surface area contributed by atoms with Crippen LogP contribution in [0.5, 0.6) is 0 Å². The van der Waals surface area contributed by atoms with Crippen LogP contribution in [-0.2, 0) is 0 Å². The molecule has 1 aliphatic rings. The van der Waals surface area contributed by atoms with E-state index in [2.05, 4.69) is 0 Å². The van der Waals surface area contributed by atoms with Crippen molar-refractivity contribution in [3.05, 3.63) is 29.8 Å². The summed E-state index contributed by atoms with van der Waals surface area (Å²) in [7, 11) is 0. The fourth-order valence-corrected chi connectivity index (χ4v) is 3.09. The standard InChI is InChI=1S/C14H18ClNOS/c1-18-13-6-4-11(5-7-13)14(17)16-10-2-3-12(16)8-9-15/h4-7,12H,2-3,8-10H2,1H3.